The molecule has 4 rings (SSSR count). The molecule has 2 heterocycles. The fourth-order valence-electron chi connectivity index (χ4n) is 4.57. The Hall–Kier alpha value is -3.42. The maximum Gasteiger partial charge on any atom is 0.254 e. The van der Waals surface area contributed by atoms with Crippen LogP contribution in [0.1, 0.15) is 84.8 Å². The molecule has 34 heavy (non-hydrogen) atoms. The van der Waals surface area contributed by atoms with E-state index in [4.69, 9.17) is 4.42 Å². The Morgan fingerprint density at radius 2 is 1.71 bits per heavy atom. The summed E-state index contributed by atoms with van der Waals surface area (Å²) in [6, 6.07) is 2.55. The van der Waals surface area contributed by atoms with Crippen LogP contribution in [0.15, 0.2) is 26.1 Å². The molecule has 3 aromatic rings. The highest BCUT2D eigenvalue weighted by molar-refractivity contribution is 6.05. The summed E-state index contributed by atoms with van der Waals surface area (Å²) >= 11 is 0. The van der Waals surface area contributed by atoms with Gasteiger partial charge in [-0.15, -0.1) is 0 Å². The maximum absolute atomic E-state index is 15.0. The third kappa shape index (κ3) is 3.61. The smallest absolute Gasteiger partial charge is 0.254 e. The zero-order chi connectivity index (χ0) is 25.1. The summed E-state index contributed by atoms with van der Waals surface area (Å²) in [4.78, 5) is 37.7. The lowest BCUT2D eigenvalue weighted by atomic mass is 9.80. The number of aryl methyl sites for hydroxylation is 3. The van der Waals surface area contributed by atoms with E-state index in [1.165, 1.54) is 6.07 Å². The van der Waals surface area contributed by atoms with Crippen molar-refractivity contribution in [2.24, 2.45) is 5.41 Å². The minimum absolute atomic E-state index is 0.0563. The van der Waals surface area contributed by atoms with Gasteiger partial charge in [-0.05, 0) is 68.4 Å². The lowest BCUT2D eigenvalue weighted by Gasteiger charge is -2.34. The lowest BCUT2D eigenvalue weighted by molar-refractivity contribution is 0.0959. The monoisotopic (exact) mass is 467 g/mol. The van der Waals surface area contributed by atoms with Crippen molar-refractivity contribution in [2.75, 3.05) is 10.6 Å². The Bertz CT molecular complexity index is 1360. The second kappa shape index (κ2) is 8.11. The van der Waals surface area contributed by atoms with Crippen LogP contribution in [-0.4, -0.2) is 5.91 Å². The van der Waals surface area contributed by atoms with Gasteiger partial charge in [-0.25, -0.2) is 4.39 Å². The van der Waals surface area contributed by atoms with Gasteiger partial charge in [0, 0.05) is 0 Å². The van der Waals surface area contributed by atoms with Gasteiger partial charge in [-0.1, -0.05) is 20.8 Å². The van der Waals surface area contributed by atoms with Gasteiger partial charge in [-0.2, -0.15) is 0 Å². The Morgan fingerprint density at radius 1 is 1.06 bits per heavy atom. The number of nitrogens with one attached hydrogen (secondary N) is 3. The number of amides is 1. The molecule has 2 atom stereocenters. The molecule has 0 aliphatic carbocycles. The second-order valence-corrected chi connectivity index (χ2v) is 9.87. The number of furan rings is 1. The van der Waals surface area contributed by atoms with Crippen LogP contribution in [0, 0.1) is 32.0 Å². The van der Waals surface area contributed by atoms with Crippen molar-refractivity contribution in [3.05, 3.63) is 72.2 Å². The Balaban J connectivity index is 1.77. The van der Waals surface area contributed by atoms with Crippen LogP contribution >= 0.6 is 0 Å². The highest BCUT2D eigenvalue weighted by Crippen LogP contribution is 2.42. The van der Waals surface area contributed by atoms with E-state index < -0.39 is 28.6 Å². The molecule has 1 aliphatic rings. The summed E-state index contributed by atoms with van der Waals surface area (Å²) in [6.07, 6.45) is 0.764. The molecule has 0 saturated heterocycles. The van der Waals surface area contributed by atoms with Gasteiger partial charge in [0.2, 0.25) is 0 Å². The molecule has 1 amide bonds. The Morgan fingerprint density at radius 3 is 2.29 bits per heavy atom. The van der Waals surface area contributed by atoms with Crippen LogP contribution in [0.3, 0.4) is 0 Å². The zero-order valence-corrected chi connectivity index (χ0v) is 20.5. The third-order valence-electron chi connectivity index (χ3n) is 7.15. The largest absolute Gasteiger partial charge is 0.464 e. The molecule has 0 radical (unpaired) electrons. The predicted molar refractivity (Wildman–Crippen MR) is 130 cm³/mol. The van der Waals surface area contributed by atoms with Gasteiger partial charge < -0.3 is 20.4 Å². The third-order valence-corrected chi connectivity index (χ3v) is 7.15. The van der Waals surface area contributed by atoms with Crippen molar-refractivity contribution in [3.63, 3.8) is 0 Å². The summed E-state index contributed by atoms with van der Waals surface area (Å²) in [7, 11) is 0. The normalized spacial score (nSPS) is 16.5. The van der Waals surface area contributed by atoms with Gasteiger partial charge in [0.25, 0.3) is 16.8 Å². The Kier molecular flexibility index (Phi) is 5.66. The molecule has 0 unspecified atom stereocenters. The molecule has 180 valence electrons. The van der Waals surface area contributed by atoms with E-state index in [-0.39, 0.29) is 34.1 Å². The molecular weight excluding hydrogens is 437 g/mol. The average Bonchev–Trinajstić information content (AvgIpc) is 3.26. The van der Waals surface area contributed by atoms with Gasteiger partial charge in [-0.3, -0.25) is 14.4 Å². The number of rotatable bonds is 7. The van der Waals surface area contributed by atoms with Crippen molar-refractivity contribution in [2.45, 2.75) is 67.0 Å². The van der Waals surface area contributed by atoms with Crippen LogP contribution in [0.2, 0.25) is 0 Å². The van der Waals surface area contributed by atoms with E-state index in [1.54, 1.807) is 6.92 Å². The van der Waals surface area contributed by atoms with Crippen LogP contribution < -0.4 is 26.8 Å². The SMILES string of the molecule is CCC(C)(C)[C@@H](Nc1c(Nc2c(F)cc(C)c3c2C(=O)N[C@@H]3C)c(=O)c1=O)c1cc(C)c(C)o1. The van der Waals surface area contributed by atoms with Crippen LogP contribution in [0.4, 0.5) is 21.5 Å². The number of fused-ring (bicyclic) bond motifs is 1. The van der Waals surface area contributed by atoms with Gasteiger partial charge in [0.05, 0.1) is 23.3 Å². The second-order valence-electron chi connectivity index (χ2n) is 9.87. The first kappa shape index (κ1) is 23.7. The summed E-state index contributed by atoms with van der Waals surface area (Å²) in [5.74, 6) is 0.334. The minimum atomic E-state index is -0.762. The van der Waals surface area contributed by atoms with Gasteiger partial charge in [0.1, 0.15) is 28.7 Å². The standard InChI is InChI=1S/C26H30FN3O4/c1-8-26(6,7)24(16-10-11(2)14(5)34-16)30-21-20(22(31)23(21)32)29-19-15(27)9-12(3)17-13(4)28-25(33)18(17)19/h9-10,13,24,29-30H,8H2,1-7H3,(H,28,33)/t13-,24+/m1/s1. The number of carbonyl (C=O) groups is 1. The number of hydrogen-bond donors (Lipinski definition) is 3. The van der Waals surface area contributed by atoms with Crippen molar-refractivity contribution in [1.82, 2.24) is 5.32 Å². The first-order valence-corrected chi connectivity index (χ1v) is 11.4. The molecule has 1 aromatic heterocycles. The summed E-state index contributed by atoms with van der Waals surface area (Å²) < 4.78 is 21.0. The van der Waals surface area contributed by atoms with Crippen molar-refractivity contribution in [3.8, 4) is 0 Å². The topological polar surface area (TPSA) is 100 Å². The molecule has 0 bridgehead atoms. The van der Waals surface area contributed by atoms with Crippen molar-refractivity contribution >= 4 is 23.0 Å². The average molecular weight is 468 g/mol. The predicted octanol–water partition coefficient (Wildman–Crippen LogP) is 5.08. The van der Waals surface area contributed by atoms with Gasteiger partial charge >= 0.3 is 0 Å². The van der Waals surface area contributed by atoms with Crippen LogP contribution in [0.25, 0.3) is 0 Å². The van der Waals surface area contributed by atoms with Crippen LogP contribution in [0.5, 0.6) is 0 Å². The molecule has 7 nitrogen and oxygen atoms in total. The molecule has 3 N–H and O–H groups in total. The van der Waals surface area contributed by atoms with E-state index in [9.17, 15) is 18.8 Å². The molecule has 0 saturated carbocycles. The number of carbonyl (C=O) groups excluding carboxylic acids is 1. The zero-order valence-electron chi connectivity index (χ0n) is 20.5. The van der Waals surface area contributed by atoms with Gasteiger partial charge in [0.15, 0.2) is 0 Å². The van der Waals surface area contributed by atoms with E-state index in [0.717, 1.165) is 17.7 Å². The Labute approximate surface area is 197 Å². The fraction of sp³-hybridized carbons (Fsp3) is 0.423. The minimum Gasteiger partial charge on any atom is -0.464 e. The molecule has 0 spiro atoms. The molecule has 0 fully saturated rings. The van der Waals surface area contributed by atoms with Crippen molar-refractivity contribution < 1.29 is 13.6 Å². The molecular formula is C26H30FN3O4. The number of hydrogen-bond acceptors (Lipinski definition) is 6. The van der Waals surface area contributed by atoms with E-state index in [2.05, 4.69) is 16.0 Å². The summed E-state index contributed by atoms with van der Waals surface area (Å²) in [5, 5.41) is 8.76. The first-order valence-electron chi connectivity index (χ1n) is 11.4. The number of halogens is 1. The summed E-state index contributed by atoms with van der Waals surface area (Å²) in [6.45, 7) is 13.5. The first-order chi connectivity index (χ1) is 15.9. The number of anilines is 3. The lowest BCUT2D eigenvalue weighted by Crippen LogP contribution is -2.40. The van der Waals surface area contributed by atoms with E-state index in [0.29, 0.717) is 16.9 Å². The quantitative estimate of drug-likeness (QED) is 0.419. The highest BCUT2D eigenvalue weighted by Gasteiger charge is 2.37. The molecule has 2 aromatic carbocycles. The van der Waals surface area contributed by atoms with Crippen molar-refractivity contribution in [1.29, 1.82) is 0 Å². The number of benzene rings is 1. The van der Waals surface area contributed by atoms with E-state index >= 15 is 0 Å². The fourth-order valence-corrected chi connectivity index (χ4v) is 4.57. The van der Waals surface area contributed by atoms with E-state index in [1.807, 2.05) is 47.6 Å². The highest BCUT2D eigenvalue weighted by atomic mass is 19.1. The van der Waals surface area contributed by atoms with Crippen LogP contribution in [-0.2, 0) is 0 Å². The molecule has 1 aliphatic heterocycles. The summed E-state index contributed by atoms with van der Waals surface area (Å²) in [5.41, 5.74) is 0.565. The molecule has 8 heteroatoms. The maximum atomic E-state index is 15.0.